The van der Waals surface area contributed by atoms with Crippen LogP contribution < -0.4 is 5.32 Å². The maximum atomic E-state index is 13.6. The van der Waals surface area contributed by atoms with Crippen molar-refractivity contribution in [3.8, 4) is 0 Å². The first-order valence-corrected chi connectivity index (χ1v) is 11.1. The molecular weight excluding hydrogens is 442 g/mol. The van der Waals surface area contributed by atoms with Crippen molar-refractivity contribution in [3.63, 3.8) is 0 Å². The van der Waals surface area contributed by atoms with E-state index in [2.05, 4.69) is 5.32 Å². The van der Waals surface area contributed by atoms with E-state index in [-0.39, 0.29) is 38.4 Å². The number of carbonyl (C=O) groups is 2. The largest absolute Gasteiger partial charge is 0.478 e. The van der Waals surface area contributed by atoms with Crippen LogP contribution in [0.3, 0.4) is 0 Å². The third kappa shape index (κ3) is 4.50. The molecule has 0 aliphatic carbocycles. The monoisotopic (exact) mass is 461 g/mol. The van der Waals surface area contributed by atoms with Crippen LogP contribution in [0.2, 0.25) is 5.02 Å². The van der Waals surface area contributed by atoms with Crippen LogP contribution in [-0.2, 0) is 24.2 Å². The predicted octanol–water partition coefficient (Wildman–Crippen LogP) is 3.63. The average Bonchev–Trinajstić information content (AvgIpc) is 2.72. The first kappa shape index (κ1) is 22.6. The predicted molar refractivity (Wildman–Crippen MR) is 115 cm³/mol. The summed E-state index contributed by atoms with van der Waals surface area (Å²) in [5.74, 6) is -3.16. The minimum Gasteiger partial charge on any atom is -0.478 e. The van der Waals surface area contributed by atoms with Gasteiger partial charge < -0.3 is 15.2 Å². The minimum absolute atomic E-state index is 0.0244. The van der Waals surface area contributed by atoms with Crippen molar-refractivity contribution in [2.75, 3.05) is 6.61 Å². The molecule has 3 rings (SSSR count). The fourth-order valence-electron chi connectivity index (χ4n) is 3.51. The zero-order valence-electron chi connectivity index (χ0n) is 16.8. The van der Waals surface area contributed by atoms with Gasteiger partial charge in [-0.05, 0) is 30.7 Å². The van der Waals surface area contributed by atoms with Gasteiger partial charge in [0.15, 0.2) is 0 Å². The molecule has 0 saturated heterocycles. The normalized spacial score (nSPS) is 16.7. The molecule has 2 aromatic rings. The first-order valence-electron chi connectivity index (χ1n) is 9.26. The van der Waals surface area contributed by atoms with Crippen LogP contribution in [0.1, 0.15) is 25.3 Å². The lowest BCUT2D eigenvalue weighted by atomic mass is 9.86. The Labute approximate surface area is 184 Å². The molecule has 2 aromatic carbocycles. The number of allylic oxidation sites excluding steroid dienone is 2. The van der Waals surface area contributed by atoms with Crippen molar-refractivity contribution >= 4 is 33.4 Å². The van der Waals surface area contributed by atoms with Crippen LogP contribution >= 0.6 is 11.6 Å². The number of benzene rings is 2. The van der Waals surface area contributed by atoms with Gasteiger partial charge in [0, 0.05) is 17.6 Å². The highest BCUT2D eigenvalue weighted by Crippen LogP contribution is 2.44. The molecule has 0 amide bonds. The second kappa shape index (κ2) is 8.95. The van der Waals surface area contributed by atoms with E-state index in [1.807, 2.05) is 0 Å². The molecule has 1 heterocycles. The van der Waals surface area contributed by atoms with Gasteiger partial charge in [-0.25, -0.2) is 13.2 Å². The molecule has 7 nitrogen and oxygen atoms in total. The van der Waals surface area contributed by atoms with E-state index in [4.69, 9.17) is 16.3 Å². The van der Waals surface area contributed by atoms with E-state index in [0.29, 0.717) is 5.56 Å². The summed E-state index contributed by atoms with van der Waals surface area (Å²) >= 11 is 6.37. The molecule has 31 heavy (non-hydrogen) atoms. The Kier molecular flexibility index (Phi) is 6.52. The lowest BCUT2D eigenvalue weighted by molar-refractivity contribution is -0.140. The van der Waals surface area contributed by atoms with Crippen LogP contribution in [-0.4, -0.2) is 32.1 Å². The third-order valence-electron chi connectivity index (χ3n) is 4.79. The van der Waals surface area contributed by atoms with Crippen molar-refractivity contribution < 1.29 is 27.9 Å². The molecule has 162 valence electrons. The van der Waals surface area contributed by atoms with Crippen molar-refractivity contribution in [1.29, 1.82) is 0 Å². The Morgan fingerprint density at radius 1 is 1.10 bits per heavy atom. The van der Waals surface area contributed by atoms with E-state index < -0.39 is 27.7 Å². The van der Waals surface area contributed by atoms with Crippen LogP contribution in [0, 0.1) is 0 Å². The molecule has 0 bridgehead atoms. The van der Waals surface area contributed by atoms with Crippen molar-refractivity contribution in [1.82, 2.24) is 5.32 Å². The lowest BCUT2D eigenvalue weighted by Gasteiger charge is -2.31. The summed E-state index contributed by atoms with van der Waals surface area (Å²) in [4.78, 5) is 23.5. The van der Waals surface area contributed by atoms with Crippen LogP contribution in [0.15, 0.2) is 81.4 Å². The van der Waals surface area contributed by atoms with E-state index >= 15 is 0 Å². The van der Waals surface area contributed by atoms with Gasteiger partial charge in [-0.2, -0.15) is 0 Å². The molecule has 1 aliphatic rings. The molecular formula is C22H20ClNO6S. The van der Waals surface area contributed by atoms with E-state index in [1.165, 1.54) is 26.0 Å². The number of esters is 1. The van der Waals surface area contributed by atoms with Gasteiger partial charge in [-0.3, -0.25) is 4.79 Å². The Balaban J connectivity index is 2.30. The summed E-state index contributed by atoms with van der Waals surface area (Å²) in [6.45, 7) is 2.38. The number of dihydropyridines is 1. The Hall–Kier alpha value is -3.10. The number of carbonyl (C=O) groups excluding carboxylic acids is 1. The average molecular weight is 462 g/mol. The van der Waals surface area contributed by atoms with Crippen LogP contribution in [0.5, 0.6) is 0 Å². The molecule has 2 N–H and O–H groups in total. The van der Waals surface area contributed by atoms with E-state index in [0.717, 1.165) is 0 Å². The Bertz CT molecular complexity index is 1200. The minimum atomic E-state index is -4.09. The number of ether oxygens (including phenoxy) is 1. The zero-order chi connectivity index (χ0) is 22.8. The first-order chi connectivity index (χ1) is 14.6. The second-order valence-corrected chi connectivity index (χ2v) is 9.19. The zero-order valence-corrected chi connectivity index (χ0v) is 18.3. The molecule has 0 radical (unpaired) electrons. The fraction of sp³-hybridized carbons (Fsp3) is 0.182. The number of nitrogens with one attached hydrogen (secondary N) is 1. The smallest absolute Gasteiger partial charge is 0.334 e. The van der Waals surface area contributed by atoms with Gasteiger partial charge in [-0.1, -0.05) is 48.0 Å². The van der Waals surface area contributed by atoms with Gasteiger partial charge in [0.05, 0.1) is 27.0 Å². The number of carboxylic acid groups (broad SMARTS) is 1. The highest BCUT2D eigenvalue weighted by atomic mass is 35.5. The number of halogens is 1. The highest BCUT2D eigenvalue weighted by Gasteiger charge is 2.41. The standard InChI is InChI=1S/C22H20ClNO6S/c1-13-21(31(28,29)15-8-4-3-5-9-15)19(16-10-6-7-11-17(16)23)20(22(26)27)18(24-13)12-30-14(2)25/h3-11,19,24H,12H2,1-2H3,(H,26,27). The molecule has 0 aromatic heterocycles. The molecule has 0 spiro atoms. The van der Waals surface area contributed by atoms with Crippen molar-refractivity contribution in [2.24, 2.45) is 0 Å². The Morgan fingerprint density at radius 2 is 1.71 bits per heavy atom. The summed E-state index contributed by atoms with van der Waals surface area (Å²) in [6, 6.07) is 14.2. The fourth-order valence-corrected chi connectivity index (χ4v) is 5.53. The number of sulfone groups is 1. The van der Waals surface area contributed by atoms with Crippen LogP contribution in [0.4, 0.5) is 0 Å². The van der Waals surface area contributed by atoms with Crippen molar-refractivity contribution in [2.45, 2.75) is 24.7 Å². The number of hydrogen-bond acceptors (Lipinski definition) is 6. The third-order valence-corrected chi connectivity index (χ3v) is 7.15. The molecule has 1 unspecified atom stereocenters. The van der Waals surface area contributed by atoms with Gasteiger partial charge in [0.1, 0.15) is 6.61 Å². The molecule has 1 aliphatic heterocycles. The van der Waals surface area contributed by atoms with Gasteiger partial charge in [-0.15, -0.1) is 0 Å². The number of aliphatic carboxylic acids is 1. The quantitative estimate of drug-likeness (QED) is 0.632. The van der Waals surface area contributed by atoms with E-state index in [1.54, 1.807) is 42.5 Å². The number of hydrogen-bond donors (Lipinski definition) is 2. The number of carboxylic acids is 1. The lowest BCUT2D eigenvalue weighted by Crippen LogP contribution is -2.34. The molecule has 0 fully saturated rings. The summed E-state index contributed by atoms with van der Waals surface area (Å²) < 4.78 is 32.2. The van der Waals surface area contributed by atoms with Gasteiger partial charge in [0.25, 0.3) is 0 Å². The summed E-state index contributed by atoms with van der Waals surface area (Å²) in [7, 11) is -4.09. The summed E-state index contributed by atoms with van der Waals surface area (Å²) in [5.41, 5.74) is 0.366. The maximum absolute atomic E-state index is 13.6. The molecule has 1 atom stereocenters. The maximum Gasteiger partial charge on any atom is 0.334 e. The highest BCUT2D eigenvalue weighted by molar-refractivity contribution is 7.95. The second-order valence-electron chi connectivity index (χ2n) is 6.86. The topological polar surface area (TPSA) is 110 Å². The van der Waals surface area contributed by atoms with Crippen LogP contribution in [0.25, 0.3) is 0 Å². The summed E-state index contributed by atoms with van der Waals surface area (Å²) in [5, 5.41) is 13.1. The van der Waals surface area contributed by atoms with Crippen molar-refractivity contribution in [3.05, 3.63) is 87.1 Å². The Morgan fingerprint density at radius 3 is 2.29 bits per heavy atom. The number of rotatable bonds is 6. The van der Waals surface area contributed by atoms with E-state index in [9.17, 15) is 23.1 Å². The van der Waals surface area contributed by atoms with Gasteiger partial charge in [0.2, 0.25) is 9.84 Å². The SMILES string of the molecule is CC(=O)OCC1=C(C(=O)O)C(c2ccccc2Cl)C(S(=O)(=O)c2ccccc2)=C(C)N1. The van der Waals surface area contributed by atoms with Gasteiger partial charge >= 0.3 is 11.9 Å². The molecule has 0 saturated carbocycles. The summed E-state index contributed by atoms with van der Waals surface area (Å²) in [6.07, 6.45) is 0. The molecule has 9 heteroatoms.